The molecule has 0 saturated carbocycles. The summed E-state index contributed by atoms with van der Waals surface area (Å²) in [5.74, 6) is 1.58. The van der Waals surface area contributed by atoms with Crippen LogP contribution in [0.5, 0.6) is 0 Å². The number of aryl methyl sites for hydroxylation is 4. The number of rotatable bonds is 4. The van der Waals surface area contributed by atoms with Gasteiger partial charge in [-0.15, -0.1) is 15.3 Å². The number of nitrogens with zero attached hydrogens (tertiary/aromatic N) is 12. The summed E-state index contributed by atoms with van der Waals surface area (Å²) >= 11 is 2.70. The van der Waals surface area contributed by atoms with Crippen LogP contribution in [-0.2, 0) is 7.05 Å². The molecule has 8 rings (SSSR count). The van der Waals surface area contributed by atoms with Gasteiger partial charge in [0.1, 0.15) is 5.69 Å². The number of para-hydroxylation sites is 1. The normalized spacial score (nSPS) is 10.1. The molecule has 0 bridgehead atoms. The van der Waals surface area contributed by atoms with E-state index in [0.717, 1.165) is 50.4 Å². The summed E-state index contributed by atoms with van der Waals surface area (Å²) in [6, 6.07) is 39.9. The molecule has 0 unspecified atom stereocenters. The van der Waals surface area contributed by atoms with E-state index in [2.05, 4.69) is 61.5 Å². The number of hydrogen-bond acceptors (Lipinski definition) is 12. The Kier molecular flexibility index (Phi) is 12.0. The predicted octanol–water partition coefficient (Wildman–Crippen LogP) is 6.87. The molecular weight excluding hydrogens is 641 g/mol. The summed E-state index contributed by atoms with van der Waals surface area (Å²) in [7, 11) is 1.82. The molecule has 0 spiro atoms. The van der Waals surface area contributed by atoms with Gasteiger partial charge in [0, 0.05) is 18.2 Å². The second-order valence-corrected chi connectivity index (χ2v) is 11.4. The number of hydrogen-bond donors (Lipinski definition) is 0. The molecule has 4 aromatic carbocycles. The van der Waals surface area contributed by atoms with Crippen molar-refractivity contribution in [1.29, 1.82) is 0 Å². The molecule has 0 fully saturated rings. The van der Waals surface area contributed by atoms with Gasteiger partial charge < -0.3 is 0 Å². The zero-order valence-electron chi connectivity index (χ0n) is 26.7. The van der Waals surface area contributed by atoms with Gasteiger partial charge in [-0.3, -0.25) is 0 Å². The minimum atomic E-state index is 0.788. The van der Waals surface area contributed by atoms with Crippen LogP contribution in [0.4, 0.5) is 0 Å². The van der Waals surface area contributed by atoms with Crippen LogP contribution in [0.1, 0.15) is 17.2 Å². The van der Waals surface area contributed by atoms with Gasteiger partial charge in [-0.25, -0.2) is 4.68 Å². The van der Waals surface area contributed by atoms with Crippen molar-refractivity contribution in [3.05, 3.63) is 139 Å². The molecule has 0 N–H and O–H groups in total. The van der Waals surface area contributed by atoms with E-state index in [1.807, 2.05) is 137 Å². The minimum absolute atomic E-state index is 0.788. The lowest BCUT2D eigenvalue weighted by Crippen LogP contribution is -1.98. The second kappa shape index (κ2) is 17.2. The first-order valence-corrected chi connectivity index (χ1v) is 16.3. The molecule has 0 radical (unpaired) electrons. The van der Waals surface area contributed by atoms with Gasteiger partial charge in [-0.1, -0.05) is 114 Å². The van der Waals surface area contributed by atoms with Crippen molar-refractivity contribution in [2.45, 2.75) is 20.8 Å². The van der Waals surface area contributed by atoms with Crippen LogP contribution in [0.3, 0.4) is 0 Å². The van der Waals surface area contributed by atoms with Gasteiger partial charge in [0.15, 0.2) is 11.6 Å². The first-order valence-electron chi connectivity index (χ1n) is 14.8. The van der Waals surface area contributed by atoms with E-state index in [0.29, 0.717) is 0 Å². The van der Waals surface area contributed by atoms with Crippen molar-refractivity contribution >= 4 is 23.3 Å². The van der Waals surface area contributed by atoms with E-state index in [-0.39, 0.29) is 0 Å². The topological polar surface area (TPSA) is 139 Å². The Morgan fingerprint density at radius 2 is 1.10 bits per heavy atom. The summed E-state index contributed by atoms with van der Waals surface area (Å²) in [4.78, 5) is 1.16. The van der Waals surface area contributed by atoms with Crippen molar-refractivity contribution in [2.75, 3.05) is 0 Å². The molecule has 0 aliphatic rings. The highest BCUT2D eigenvalue weighted by Gasteiger charge is 2.05. The van der Waals surface area contributed by atoms with Gasteiger partial charge in [-0.2, -0.15) is 13.4 Å². The van der Waals surface area contributed by atoms with E-state index in [4.69, 9.17) is 0 Å². The molecule has 0 aliphatic carbocycles. The number of aromatic nitrogens is 12. The van der Waals surface area contributed by atoms with Crippen LogP contribution < -0.4 is 0 Å². The van der Waals surface area contributed by atoms with E-state index in [1.165, 1.54) is 28.8 Å². The molecule has 48 heavy (non-hydrogen) atoms. The molecule has 240 valence electrons. The molecule has 12 nitrogen and oxygen atoms in total. The van der Waals surface area contributed by atoms with Gasteiger partial charge in [-0.05, 0) is 70.9 Å². The fraction of sp³-hybridized carbons (Fsp3) is 0.118. The van der Waals surface area contributed by atoms with Crippen molar-refractivity contribution in [3.63, 3.8) is 0 Å². The molecule has 0 atom stereocenters. The Bertz CT molecular complexity index is 1770. The van der Waals surface area contributed by atoms with Gasteiger partial charge in [0.25, 0.3) is 0 Å². The Balaban J connectivity index is 0.000000125. The quantitative estimate of drug-likeness (QED) is 0.195. The van der Waals surface area contributed by atoms with Gasteiger partial charge >= 0.3 is 0 Å². The van der Waals surface area contributed by atoms with E-state index in [9.17, 15) is 0 Å². The van der Waals surface area contributed by atoms with Gasteiger partial charge in [0.2, 0.25) is 0 Å². The molecule has 0 saturated heterocycles. The first kappa shape index (κ1) is 33.5. The minimum Gasteiger partial charge on any atom is -0.229 e. The first-order chi connectivity index (χ1) is 23.5. The number of tetrazole rings is 2. The van der Waals surface area contributed by atoms with Crippen molar-refractivity contribution in [2.24, 2.45) is 7.05 Å². The monoisotopic (exact) mass is 672 g/mol. The van der Waals surface area contributed by atoms with Crippen LogP contribution in [0.15, 0.2) is 121 Å². The molecule has 0 aliphatic heterocycles. The van der Waals surface area contributed by atoms with Crippen molar-refractivity contribution < 1.29 is 0 Å². The maximum Gasteiger partial charge on any atom is 0.181 e. The van der Waals surface area contributed by atoms with Crippen LogP contribution in [0.2, 0.25) is 0 Å². The lowest BCUT2D eigenvalue weighted by Gasteiger charge is -1.98. The maximum atomic E-state index is 4.22. The Hall–Kier alpha value is -5.86. The predicted molar refractivity (Wildman–Crippen MR) is 188 cm³/mol. The summed E-state index contributed by atoms with van der Waals surface area (Å²) in [6.45, 7) is 5.82. The van der Waals surface area contributed by atoms with Crippen LogP contribution in [0.25, 0.3) is 38.8 Å². The third kappa shape index (κ3) is 9.11. The maximum absolute atomic E-state index is 4.22. The fourth-order valence-electron chi connectivity index (χ4n) is 4.28. The van der Waals surface area contributed by atoms with Gasteiger partial charge in [0.05, 0.1) is 33.7 Å². The largest absolute Gasteiger partial charge is 0.229 e. The summed E-state index contributed by atoms with van der Waals surface area (Å²) in [5, 5.41) is 26.4. The average molecular weight is 673 g/mol. The summed E-state index contributed by atoms with van der Waals surface area (Å²) in [6.07, 6.45) is 0. The van der Waals surface area contributed by atoms with Crippen molar-refractivity contribution in [3.8, 4) is 38.8 Å². The zero-order valence-corrected chi connectivity index (χ0v) is 28.4. The second-order valence-electron chi connectivity index (χ2n) is 10.1. The third-order valence-corrected chi connectivity index (χ3v) is 8.16. The van der Waals surface area contributed by atoms with Crippen LogP contribution in [-0.4, -0.2) is 58.7 Å². The lowest BCUT2D eigenvalue weighted by molar-refractivity contribution is 0.714. The SMILES string of the molecule is Cc1nnnn1-c1ccccc1.Cc1nnsc1-c1ccccc1.Cc1nsnc1-c1ccccc1.Cn1nnnc1-c1ccccc1. The molecule has 4 aromatic heterocycles. The van der Waals surface area contributed by atoms with E-state index in [1.54, 1.807) is 9.36 Å². The summed E-state index contributed by atoms with van der Waals surface area (Å²) < 4.78 is 15.6. The van der Waals surface area contributed by atoms with Crippen LogP contribution in [0, 0.1) is 20.8 Å². The lowest BCUT2D eigenvalue weighted by atomic mass is 10.1. The standard InChI is InChI=1S/2C9H8N2S.2C8H8N4/c1-7-9(12-11-10-7)8-5-3-2-4-6-8;1-7-9(11-12-10-7)8-5-3-2-4-6-8;1-12-8(9-10-11-12)7-5-3-2-4-6-7;1-7-9-10-11-12(7)8-5-3-2-4-6-8/h4*2-6H,1H3. The highest BCUT2D eigenvalue weighted by molar-refractivity contribution is 7.09. The van der Waals surface area contributed by atoms with E-state index >= 15 is 0 Å². The third-order valence-electron chi connectivity index (χ3n) is 6.67. The fourth-order valence-corrected chi connectivity index (χ4v) is 5.50. The Labute approximate surface area is 286 Å². The van der Waals surface area contributed by atoms with Crippen LogP contribution >= 0.6 is 23.3 Å². The average Bonchev–Trinajstić information content (AvgIpc) is 3.96. The van der Waals surface area contributed by atoms with Crippen molar-refractivity contribution in [1.82, 2.24) is 58.7 Å². The zero-order chi connectivity index (χ0) is 33.6. The molecule has 14 heteroatoms. The number of benzene rings is 4. The molecule has 4 heterocycles. The Morgan fingerprint density at radius 1 is 0.542 bits per heavy atom. The highest BCUT2D eigenvalue weighted by atomic mass is 32.1. The Morgan fingerprint density at radius 3 is 1.58 bits per heavy atom. The molecule has 0 amide bonds. The molecule has 8 aromatic rings. The smallest absolute Gasteiger partial charge is 0.181 e. The molecular formula is C34H32N12S2. The highest BCUT2D eigenvalue weighted by Crippen LogP contribution is 2.24. The summed E-state index contributed by atoms with van der Waals surface area (Å²) in [5.41, 5.74) is 7.37. The van der Waals surface area contributed by atoms with E-state index < -0.39 is 0 Å².